The Morgan fingerprint density at radius 3 is 2.65 bits per heavy atom. The van der Waals surface area contributed by atoms with E-state index in [9.17, 15) is 18.0 Å². The third-order valence-electron chi connectivity index (χ3n) is 3.10. The minimum Gasteiger partial charge on any atom is -0.341 e. The van der Waals surface area contributed by atoms with E-state index < -0.39 is 23.9 Å². The molecule has 124 valence electrons. The Bertz CT molecular complexity index is 716. The van der Waals surface area contributed by atoms with E-state index in [0.717, 1.165) is 10.5 Å². The predicted octanol–water partition coefficient (Wildman–Crippen LogP) is 3.61. The van der Waals surface area contributed by atoms with Gasteiger partial charge in [-0.05, 0) is 37.8 Å². The van der Waals surface area contributed by atoms with Crippen LogP contribution in [0.2, 0.25) is 0 Å². The molecule has 1 heterocycles. The van der Waals surface area contributed by atoms with Crippen molar-refractivity contribution in [2.24, 2.45) is 0 Å². The molecule has 0 aliphatic rings. The van der Waals surface area contributed by atoms with Crippen molar-refractivity contribution in [3.05, 3.63) is 41.0 Å². The van der Waals surface area contributed by atoms with Crippen molar-refractivity contribution >= 4 is 17.7 Å². The molecule has 1 atom stereocenters. The lowest BCUT2D eigenvalue weighted by atomic mass is 10.1. The summed E-state index contributed by atoms with van der Waals surface area (Å²) in [5, 5.41) is 5.43. The number of thioether (sulfide) groups is 1. The van der Waals surface area contributed by atoms with Gasteiger partial charge in [0.25, 0.3) is 11.7 Å². The number of carbonyl (C=O) groups is 1. The van der Waals surface area contributed by atoms with Crippen LogP contribution in [0, 0.1) is 6.92 Å². The van der Waals surface area contributed by atoms with Gasteiger partial charge in [0.1, 0.15) is 6.04 Å². The van der Waals surface area contributed by atoms with Crippen molar-refractivity contribution < 1.29 is 22.5 Å². The largest absolute Gasteiger partial charge is 0.455 e. The topological polar surface area (TPSA) is 68.0 Å². The zero-order chi connectivity index (χ0) is 17.2. The van der Waals surface area contributed by atoms with E-state index in [2.05, 4.69) is 20.0 Å². The highest BCUT2D eigenvalue weighted by atomic mass is 32.2. The fraction of sp³-hybridized carbons (Fsp3) is 0.357. The monoisotopic (exact) mass is 345 g/mol. The number of amides is 1. The average molecular weight is 345 g/mol. The summed E-state index contributed by atoms with van der Waals surface area (Å²) < 4.78 is 41.9. The molecule has 0 fully saturated rings. The van der Waals surface area contributed by atoms with Gasteiger partial charge in [0, 0.05) is 10.5 Å². The lowest BCUT2D eigenvalue weighted by Gasteiger charge is -2.12. The molecule has 0 saturated heterocycles. The van der Waals surface area contributed by atoms with Crippen LogP contribution < -0.4 is 5.32 Å². The number of carbonyl (C=O) groups excluding carboxylic acids is 1. The standard InChI is InChI=1S/C14H14F3N3O2S/c1-7-4-5-9(23-3)6-10(7)11(21)18-8(2)12-19-13(20-22-12)14(15,16)17/h4-6,8H,1-3H3,(H,18,21)/t8-/m1/s1. The van der Waals surface area contributed by atoms with Gasteiger partial charge in [0.15, 0.2) is 0 Å². The molecule has 23 heavy (non-hydrogen) atoms. The molecule has 0 aliphatic carbocycles. The van der Waals surface area contributed by atoms with Crippen LogP contribution in [-0.2, 0) is 6.18 Å². The van der Waals surface area contributed by atoms with Crippen molar-refractivity contribution in [1.29, 1.82) is 0 Å². The molecule has 1 N–H and O–H groups in total. The summed E-state index contributed by atoms with van der Waals surface area (Å²) in [5.74, 6) is -2.09. The van der Waals surface area contributed by atoms with Crippen LogP contribution in [0.25, 0.3) is 0 Å². The highest BCUT2D eigenvalue weighted by molar-refractivity contribution is 7.98. The van der Waals surface area contributed by atoms with Gasteiger partial charge >= 0.3 is 6.18 Å². The minimum atomic E-state index is -4.69. The summed E-state index contributed by atoms with van der Waals surface area (Å²) in [5.41, 5.74) is 1.20. The summed E-state index contributed by atoms with van der Waals surface area (Å²) in [7, 11) is 0. The number of halogens is 3. The molecular formula is C14H14F3N3O2S. The first kappa shape index (κ1) is 17.3. The van der Waals surface area contributed by atoms with Gasteiger partial charge in [-0.2, -0.15) is 18.2 Å². The number of nitrogens with zero attached hydrogens (tertiary/aromatic N) is 2. The molecule has 0 radical (unpaired) electrons. The molecule has 2 aromatic rings. The van der Waals surface area contributed by atoms with Crippen molar-refractivity contribution in [3.63, 3.8) is 0 Å². The van der Waals surface area contributed by atoms with Crippen molar-refractivity contribution in [1.82, 2.24) is 15.5 Å². The SMILES string of the molecule is CSc1ccc(C)c(C(=O)N[C@H](C)c2nc(C(F)(F)F)no2)c1. The number of alkyl halides is 3. The highest BCUT2D eigenvalue weighted by Crippen LogP contribution is 2.27. The van der Waals surface area contributed by atoms with E-state index in [4.69, 9.17) is 0 Å². The molecule has 0 saturated carbocycles. The maximum absolute atomic E-state index is 12.5. The number of hydrogen-bond acceptors (Lipinski definition) is 5. The first-order valence-electron chi connectivity index (χ1n) is 6.58. The maximum Gasteiger partial charge on any atom is 0.455 e. The minimum absolute atomic E-state index is 0.302. The van der Waals surface area contributed by atoms with Crippen LogP contribution in [0.4, 0.5) is 13.2 Å². The van der Waals surface area contributed by atoms with Gasteiger partial charge in [-0.15, -0.1) is 11.8 Å². The summed E-state index contributed by atoms with van der Waals surface area (Å²) in [6.07, 6.45) is -2.80. The second kappa shape index (κ2) is 6.61. The van der Waals surface area contributed by atoms with Gasteiger partial charge in [-0.25, -0.2) is 0 Å². The summed E-state index contributed by atoms with van der Waals surface area (Å²) >= 11 is 1.48. The lowest BCUT2D eigenvalue weighted by Crippen LogP contribution is -2.27. The molecular weight excluding hydrogens is 331 g/mol. The fourth-order valence-corrected chi connectivity index (χ4v) is 2.27. The Morgan fingerprint density at radius 1 is 1.39 bits per heavy atom. The molecule has 0 unspecified atom stereocenters. The second-order valence-corrected chi connectivity index (χ2v) is 5.71. The second-order valence-electron chi connectivity index (χ2n) is 4.83. The lowest BCUT2D eigenvalue weighted by molar-refractivity contribution is -0.146. The average Bonchev–Trinajstić information content (AvgIpc) is 2.97. The van der Waals surface area contributed by atoms with Crippen molar-refractivity contribution in [3.8, 4) is 0 Å². The van der Waals surface area contributed by atoms with E-state index in [0.29, 0.717) is 5.56 Å². The molecule has 2 rings (SSSR count). The number of aromatic nitrogens is 2. The number of nitrogens with one attached hydrogen (secondary N) is 1. The normalized spacial score (nSPS) is 13.0. The summed E-state index contributed by atoms with van der Waals surface area (Å²) in [4.78, 5) is 16.5. The van der Waals surface area contributed by atoms with Crippen LogP contribution >= 0.6 is 11.8 Å². The van der Waals surface area contributed by atoms with Crippen LogP contribution in [0.5, 0.6) is 0 Å². The zero-order valence-corrected chi connectivity index (χ0v) is 13.4. The number of rotatable bonds is 4. The van der Waals surface area contributed by atoms with Gasteiger partial charge in [0.05, 0.1) is 0 Å². The van der Waals surface area contributed by atoms with E-state index in [1.54, 1.807) is 19.1 Å². The number of hydrogen-bond donors (Lipinski definition) is 1. The Morgan fingerprint density at radius 2 is 2.09 bits per heavy atom. The Kier molecular flexibility index (Phi) is 4.98. The molecule has 1 aromatic heterocycles. The van der Waals surface area contributed by atoms with Crippen LogP contribution in [0.3, 0.4) is 0 Å². The highest BCUT2D eigenvalue weighted by Gasteiger charge is 2.37. The van der Waals surface area contributed by atoms with Crippen LogP contribution in [-0.4, -0.2) is 22.3 Å². The zero-order valence-electron chi connectivity index (χ0n) is 12.6. The van der Waals surface area contributed by atoms with E-state index in [1.807, 2.05) is 12.3 Å². The first-order chi connectivity index (χ1) is 10.7. The molecule has 1 amide bonds. The number of benzene rings is 1. The van der Waals surface area contributed by atoms with Crippen LogP contribution in [0.15, 0.2) is 27.6 Å². The molecule has 0 aliphatic heterocycles. The molecule has 0 bridgehead atoms. The van der Waals surface area contributed by atoms with E-state index in [-0.39, 0.29) is 5.89 Å². The summed E-state index contributed by atoms with van der Waals surface area (Å²) in [6.45, 7) is 3.25. The fourth-order valence-electron chi connectivity index (χ4n) is 1.84. The third kappa shape index (κ3) is 4.04. The Hall–Kier alpha value is -2.03. The Balaban J connectivity index is 2.15. The predicted molar refractivity (Wildman–Crippen MR) is 78.1 cm³/mol. The van der Waals surface area contributed by atoms with Crippen LogP contribution in [0.1, 0.15) is 40.6 Å². The smallest absolute Gasteiger partial charge is 0.341 e. The van der Waals surface area contributed by atoms with Gasteiger partial charge in [0.2, 0.25) is 5.89 Å². The van der Waals surface area contributed by atoms with Gasteiger partial charge in [-0.1, -0.05) is 11.2 Å². The van der Waals surface area contributed by atoms with E-state index >= 15 is 0 Å². The van der Waals surface area contributed by atoms with Gasteiger partial charge < -0.3 is 9.84 Å². The quantitative estimate of drug-likeness (QED) is 0.858. The maximum atomic E-state index is 12.5. The summed E-state index contributed by atoms with van der Waals surface area (Å²) in [6, 6.07) is 4.56. The molecule has 9 heteroatoms. The van der Waals surface area contributed by atoms with Gasteiger partial charge in [-0.3, -0.25) is 4.79 Å². The third-order valence-corrected chi connectivity index (χ3v) is 3.83. The van der Waals surface area contributed by atoms with Crippen molar-refractivity contribution in [2.45, 2.75) is 31.0 Å². The van der Waals surface area contributed by atoms with Crippen molar-refractivity contribution in [2.75, 3.05) is 6.26 Å². The first-order valence-corrected chi connectivity index (χ1v) is 7.81. The van der Waals surface area contributed by atoms with E-state index in [1.165, 1.54) is 18.7 Å². The molecule has 0 spiro atoms. The Labute approximate surface area is 134 Å². The molecule has 1 aromatic carbocycles. The molecule has 5 nitrogen and oxygen atoms in total. The number of aryl methyl sites for hydroxylation is 1.